The van der Waals surface area contributed by atoms with Crippen LogP contribution < -0.4 is 5.73 Å². The van der Waals surface area contributed by atoms with Gasteiger partial charge in [-0.15, -0.1) is 0 Å². The molecule has 0 unspecified atom stereocenters. The first-order chi connectivity index (χ1) is 9.27. The van der Waals surface area contributed by atoms with Crippen molar-refractivity contribution in [1.29, 1.82) is 0 Å². The minimum Gasteiger partial charge on any atom is -0.367 e. The number of hydrogen-bond acceptors (Lipinski definition) is 5. The lowest BCUT2D eigenvalue weighted by Gasteiger charge is -2.04. The number of aromatic nitrogens is 3. The molecular weight excluding hydrogens is 264 g/mol. The molecule has 6 heteroatoms. The Bertz CT molecular complexity index is 712. The van der Waals surface area contributed by atoms with Gasteiger partial charge in [0.25, 0.3) is 0 Å². The third-order valence-corrected chi connectivity index (χ3v) is 3.05. The maximum Gasteiger partial charge on any atom is 0.230 e. The average molecular weight is 273 g/mol. The van der Waals surface area contributed by atoms with Crippen LogP contribution in [0.15, 0.2) is 47.2 Å². The zero-order valence-electron chi connectivity index (χ0n) is 9.75. The molecule has 2 N–H and O–H groups in total. The van der Waals surface area contributed by atoms with Gasteiger partial charge in [0.05, 0.1) is 18.0 Å². The highest BCUT2D eigenvalue weighted by Gasteiger charge is 2.19. The molecule has 19 heavy (non-hydrogen) atoms. The lowest BCUT2D eigenvalue weighted by molar-refractivity contribution is 0.439. The molecule has 2 aromatic heterocycles. The van der Waals surface area contributed by atoms with E-state index in [2.05, 4.69) is 15.4 Å². The van der Waals surface area contributed by atoms with Gasteiger partial charge >= 0.3 is 0 Å². The highest BCUT2D eigenvalue weighted by atomic mass is 35.5. The van der Waals surface area contributed by atoms with E-state index in [-0.39, 0.29) is 5.88 Å². The van der Waals surface area contributed by atoms with Crippen molar-refractivity contribution in [3.63, 3.8) is 0 Å². The largest absolute Gasteiger partial charge is 0.367 e. The fraction of sp³-hybridized carbons (Fsp3) is 0. The second-order valence-electron chi connectivity index (χ2n) is 3.88. The summed E-state index contributed by atoms with van der Waals surface area (Å²) in [7, 11) is 0. The molecule has 3 aromatic rings. The van der Waals surface area contributed by atoms with E-state index in [1.807, 2.05) is 18.2 Å². The van der Waals surface area contributed by atoms with E-state index >= 15 is 0 Å². The number of rotatable bonds is 2. The van der Waals surface area contributed by atoms with Crippen molar-refractivity contribution in [2.24, 2.45) is 0 Å². The van der Waals surface area contributed by atoms with Crippen LogP contribution in [0.5, 0.6) is 0 Å². The molecule has 5 nitrogen and oxygen atoms in total. The van der Waals surface area contributed by atoms with E-state index in [1.165, 1.54) is 0 Å². The van der Waals surface area contributed by atoms with Crippen molar-refractivity contribution in [3.05, 3.63) is 47.7 Å². The second kappa shape index (κ2) is 4.70. The molecule has 0 saturated heterocycles. The summed E-state index contributed by atoms with van der Waals surface area (Å²) in [6, 6.07) is 9.16. The molecule has 3 rings (SSSR count). The maximum absolute atomic E-state index is 6.19. The van der Waals surface area contributed by atoms with Crippen molar-refractivity contribution in [3.8, 4) is 22.4 Å². The van der Waals surface area contributed by atoms with Crippen LogP contribution in [-0.4, -0.2) is 15.4 Å². The zero-order valence-corrected chi connectivity index (χ0v) is 10.5. The number of benzene rings is 1. The molecule has 0 aliphatic carbocycles. The Morgan fingerprint density at radius 3 is 2.68 bits per heavy atom. The molecule has 0 saturated carbocycles. The van der Waals surface area contributed by atoms with Gasteiger partial charge < -0.3 is 10.3 Å². The monoisotopic (exact) mass is 272 g/mol. The zero-order chi connectivity index (χ0) is 13.2. The van der Waals surface area contributed by atoms with Crippen molar-refractivity contribution in [2.75, 3.05) is 5.73 Å². The van der Waals surface area contributed by atoms with Gasteiger partial charge in [0.1, 0.15) is 5.69 Å². The number of hydrogen-bond donors (Lipinski definition) is 1. The lowest BCUT2D eigenvalue weighted by atomic mass is 10.0. The van der Waals surface area contributed by atoms with Gasteiger partial charge in [-0.3, -0.25) is 0 Å². The van der Waals surface area contributed by atoms with E-state index in [9.17, 15) is 0 Å². The number of nitrogen functional groups attached to an aromatic ring is 1. The van der Waals surface area contributed by atoms with Crippen LogP contribution in [0, 0.1) is 0 Å². The number of nitrogens with zero attached hydrogens (tertiary/aromatic N) is 3. The molecule has 0 bridgehead atoms. The standard InChI is InChI=1S/C13H9ClN4O/c14-10-4-2-1-3-9(10)11-12(18-19-13(11)15)8-5-6-16-17-7-8/h1-7H,15H2. The summed E-state index contributed by atoms with van der Waals surface area (Å²) in [5, 5.41) is 12.1. The van der Waals surface area contributed by atoms with Gasteiger partial charge in [-0.05, 0) is 12.1 Å². The Morgan fingerprint density at radius 1 is 1.11 bits per heavy atom. The molecule has 0 amide bonds. The predicted octanol–water partition coefficient (Wildman–Crippen LogP) is 3.03. The van der Waals surface area contributed by atoms with Crippen LogP contribution in [0.1, 0.15) is 0 Å². The predicted molar refractivity (Wildman–Crippen MR) is 72.4 cm³/mol. The fourth-order valence-electron chi connectivity index (χ4n) is 1.85. The van der Waals surface area contributed by atoms with Gasteiger partial charge in [-0.2, -0.15) is 10.2 Å². The number of anilines is 1. The first-order valence-electron chi connectivity index (χ1n) is 5.54. The summed E-state index contributed by atoms with van der Waals surface area (Å²) in [5.41, 5.74) is 8.66. The first kappa shape index (κ1) is 11.7. The summed E-state index contributed by atoms with van der Waals surface area (Å²) in [5.74, 6) is 0.222. The van der Waals surface area contributed by atoms with Gasteiger partial charge in [0, 0.05) is 16.1 Å². The first-order valence-corrected chi connectivity index (χ1v) is 5.92. The third kappa shape index (κ3) is 2.04. The molecule has 0 radical (unpaired) electrons. The van der Waals surface area contributed by atoms with E-state index in [1.54, 1.807) is 24.5 Å². The van der Waals surface area contributed by atoms with Crippen LogP contribution in [-0.2, 0) is 0 Å². The number of nitrogens with two attached hydrogens (primary N) is 1. The summed E-state index contributed by atoms with van der Waals surface area (Å²) in [4.78, 5) is 0. The molecule has 2 heterocycles. The lowest BCUT2D eigenvalue weighted by Crippen LogP contribution is -1.89. The Labute approximate surface area is 114 Å². The van der Waals surface area contributed by atoms with Gasteiger partial charge in [0.2, 0.25) is 5.88 Å². The van der Waals surface area contributed by atoms with Crippen LogP contribution in [0.2, 0.25) is 5.02 Å². The fourth-order valence-corrected chi connectivity index (χ4v) is 2.09. The molecule has 94 valence electrons. The minimum atomic E-state index is 0.222. The van der Waals surface area contributed by atoms with Crippen LogP contribution in [0.4, 0.5) is 5.88 Å². The van der Waals surface area contributed by atoms with E-state index in [0.717, 1.165) is 11.1 Å². The van der Waals surface area contributed by atoms with Gasteiger partial charge in [-0.1, -0.05) is 35.0 Å². The van der Waals surface area contributed by atoms with Gasteiger partial charge in [0.15, 0.2) is 0 Å². The molecule has 0 fully saturated rings. The topological polar surface area (TPSA) is 77.8 Å². The highest BCUT2D eigenvalue weighted by Crippen LogP contribution is 2.38. The third-order valence-electron chi connectivity index (χ3n) is 2.72. The van der Waals surface area contributed by atoms with E-state index in [0.29, 0.717) is 16.3 Å². The summed E-state index contributed by atoms with van der Waals surface area (Å²) >= 11 is 6.19. The molecule has 0 spiro atoms. The molecule has 0 atom stereocenters. The second-order valence-corrected chi connectivity index (χ2v) is 4.29. The maximum atomic E-state index is 6.19. The van der Waals surface area contributed by atoms with E-state index < -0.39 is 0 Å². The van der Waals surface area contributed by atoms with Crippen LogP contribution in [0.25, 0.3) is 22.4 Å². The molecular formula is C13H9ClN4O. The molecule has 1 aromatic carbocycles. The van der Waals surface area contributed by atoms with Crippen molar-refractivity contribution < 1.29 is 4.52 Å². The Morgan fingerprint density at radius 2 is 1.95 bits per heavy atom. The summed E-state index contributed by atoms with van der Waals surface area (Å²) < 4.78 is 5.08. The average Bonchev–Trinajstić information content (AvgIpc) is 2.82. The van der Waals surface area contributed by atoms with Crippen LogP contribution >= 0.6 is 11.6 Å². The van der Waals surface area contributed by atoms with Crippen molar-refractivity contribution >= 4 is 17.5 Å². The van der Waals surface area contributed by atoms with E-state index in [4.69, 9.17) is 21.9 Å². The number of halogens is 1. The Balaban J connectivity index is 2.23. The van der Waals surface area contributed by atoms with Crippen LogP contribution in [0.3, 0.4) is 0 Å². The highest BCUT2D eigenvalue weighted by molar-refractivity contribution is 6.33. The molecule has 0 aliphatic heterocycles. The Hall–Kier alpha value is -2.40. The Kier molecular flexibility index (Phi) is 2.89. The smallest absolute Gasteiger partial charge is 0.230 e. The summed E-state index contributed by atoms with van der Waals surface area (Å²) in [6.07, 6.45) is 3.17. The quantitative estimate of drug-likeness (QED) is 0.776. The summed E-state index contributed by atoms with van der Waals surface area (Å²) in [6.45, 7) is 0. The molecule has 0 aliphatic rings. The van der Waals surface area contributed by atoms with Crippen molar-refractivity contribution in [2.45, 2.75) is 0 Å². The minimum absolute atomic E-state index is 0.222. The van der Waals surface area contributed by atoms with Crippen molar-refractivity contribution in [1.82, 2.24) is 15.4 Å². The normalized spacial score (nSPS) is 10.6. The van der Waals surface area contributed by atoms with Gasteiger partial charge in [-0.25, -0.2) is 0 Å². The SMILES string of the molecule is Nc1onc(-c2ccnnc2)c1-c1ccccc1Cl.